The van der Waals surface area contributed by atoms with E-state index < -0.39 is 11.5 Å². The molecule has 154 valence electrons. The molecule has 2 saturated heterocycles. The number of carbonyl (C=O) groups excluding carboxylic acids is 2. The number of amides is 1. The number of imidazole rings is 1. The Morgan fingerprint density at radius 2 is 1.86 bits per heavy atom. The molecule has 2 aromatic rings. The lowest BCUT2D eigenvalue weighted by Crippen LogP contribution is -2.53. The predicted octanol–water partition coefficient (Wildman–Crippen LogP) is 2.00. The molecule has 0 bridgehead atoms. The van der Waals surface area contributed by atoms with Crippen molar-refractivity contribution in [2.75, 3.05) is 26.2 Å². The number of esters is 1. The SMILES string of the molecule is Cn1ccnc1C(c1ccccc1)N1CCN(C(=O)C2CC(=O)OC2(C)C)CC1. The number of hydrogen-bond donors (Lipinski definition) is 0. The number of aryl methyl sites for hydroxylation is 1. The van der Waals surface area contributed by atoms with E-state index in [1.165, 1.54) is 5.56 Å². The minimum Gasteiger partial charge on any atom is -0.459 e. The number of cyclic esters (lactones) is 1. The number of ether oxygens (including phenoxy) is 1. The van der Waals surface area contributed by atoms with E-state index in [1.54, 1.807) is 0 Å². The van der Waals surface area contributed by atoms with Gasteiger partial charge >= 0.3 is 5.97 Å². The van der Waals surface area contributed by atoms with Gasteiger partial charge in [0.1, 0.15) is 11.4 Å². The normalized spacial score (nSPS) is 23.1. The fourth-order valence-electron chi connectivity index (χ4n) is 4.42. The molecule has 1 amide bonds. The lowest BCUT2D eigenvalue weighted by Gasteiger charge is -2.40. The Morgan fingerprint density at radius 1 is 1.17 bits per heavy atom. The van der Waals surface area contributed by atoms with E-state index in [9.17, 15) is 9.59 Å². The van der Waals surface area contributed by atoms with Crippen LogP contribution in [0.5, 0.6) is 0 Å². The number of carbonyl (C=O) groups is 2. The third-order valence-electron chi connectivity index (χ3n) is 6.09. The van der Waals surface area contributed by atoms with Gasteiger partial charge in [-0.2, -0.15) is 0 Å². The van der Waals surface area contributed by atoms with Crippen LogP contribution in [0.4, 0.5) is 0 Å². The molecule has 2 fully saturated rings. The lowest BCUT2D eigenvalue weighted by atomic mass is 9.89. The van der Waals surface area contributed by atoms with Crippen molar-refractivity contribution in [3.63, 3.8) is 0 Å². The van der Waals surface area contributed by atoms with Crippen LogP contribution in [0.3, 0.4) is 0 Å². The summed E-state index contributed by atoms with van der Waals surface area (Å²) < 4.78 is 7.40. The van der Waals surface area contributed by atoms with Gasteiger partial charge in [-0.3, -0.25) is 14.5 Å². The Kier molecular flexibility index (Phi) is 5.17. The molecule has 7 nitrogen and oxygen atoms in total. The summed E-state index contributed by atoms with van der Waals surface area (Å²) in [4.78, 5) is 33.6. The Bertz CT molecular complexity index is 884. The smallest absolute Gasteiger partial charge is 0.307 e. The molecule has 4 rings (SSSR count). The number of benzene rings is 1. The number of aromatic nitrogens is 2. The van der Waals surface area contributed by atoms with E-state index in [0.717, 1.165) is 18.9 Å². The second kappa shape index (κ2) is 7.63. The Labute approximate surface area is 171 Å². The maximum Gasteiger partial charge on any atom is 0.307 e. The molecule has 0 radical (unpaired) electrons. The van der Waals surface area contributed by atoms with Crippen molar-refractivity contribution >= 4 is 11.9 Å². The van der Waals surface area contributed by atoms with Gasteiger partial charge in [-0.15, -0.1) is 0 Å². The van der Waals surface area contributed by atoms with Gasteiger partial charge in [0.25, 0.3) is 0 Å². The summed E-state index contributed by atoms with van der Waals surface area (Å²) in [5.41, 5.74) is 0.461. The Hall–Kier alpha value is -2.67. The summed E-state index contributed by atoms with van der Waals surface area (Å²) >= 11 is 0. The highest BCUT2D eigenvalue weighted by molar-refractivity contribution is 5.87. The highest BCUT2D eigenvalue weighted by Crippen LogP contribution is 2.34. The average molecular weight is 396 g/mol. The summed E-state index contributed by atoms with van der Waals surface area (Å²) in [5.74, 6) is 0.326. The van der Waals surface area contributed by atoms with Gasteiger partial charge in [0, 0.05) is 45.6 Å². The number of piperazine rings is 1. The summed E-state index contributed by atoms with van der Waals surface area (Å²) in [5, 5.41) is 0. The fourth-order valence-corrected chi connectivity index (χ4v) is 4.42. The van der Waals surface area contributed by atoms with Crippen molar-refractivity contribution in [1.82, 2.24) is 19.4 Å². The van der Waals surface area contributed by atoms with Crippen LogP contribution in [-0.4, -0.2) is 63.0 Å². The molecule has 1 aromatic carbocycles. The summed E-state index contributed by atoms with van der Waals surface area (Å²) in [6.45, 7) is 6.41. The summed E-state index contributed by atoms with van der Waals surface area (Å²) in [7, 11) is 2.01. The van der Waals surface area contributed by atoms with Crippen LogP contribution in [0.25, 0.3) is 0 Å². The Balaban J connectivity index is 1.49. The van der Waals surface area contributed by atoms with Gasteiger partial charge in [0.05, 0.1) is 18.4 Å². The molecule has 3 heterocycles. The second-order valence-electron chi connectivity index (χ2n) is 8.41. The van der Waals surface area contributed by atoms with Crippen LogP contribution in [0.1, 0.15) is 37.7 Å². The molecule has 0 N–H and O–H groups in total. The van der Waals surface area contributed by atoms with Gasteiger partial charge in [-0.25, -0.2) is 4.98 Å². The van der Waals surface area contributed by atoms with E-state index in [2.05, 4.69) is 26.6 Å². The minimum atomic E-state index is -0.731. The molecule has 29 heavy (non-hydrogen) atoms. The first kappa shape index (κ1) is 19.6. The van der Waals surface area contributed by atoms with Crippen LogP contribution < -0.4 is 0 Å². The van der Waals surface area contributed by atoms with E-state index in [4.69, 9.17) is 4.74 Å². The maximum absolute atomic E-state index is 13.0. The van der Waals surface area contributed by atoms with Crippen molar-refractivity contribution in [2.45, 2.75) is 31.9 Å². The monoisotopic (exact) mass is 396 g/mol. The molecule has 2 aliphatic rings. The lowest BCUT2D eigenvalue weighted by molar-refractivity contribution is -0.149. The standard InChI is InChI=1S/C22H28N4O3/c1-22(2)17(15-18(27)29-22)21(28)26-13-11-25(12-14-26)19(16-7-5-4-6-8-16)20-23-9-10-24(20)3/h4-10,17,19H,11-15H2,1-3H3. The molecule has 7 heteroatoms. The maximum atomic E-state index is 13.0. The quantitative estimate of drug-likeness (QED) is 0.740. The summed E-state index contributed by atoms with van der Waals surface area (Å²) in [6.07, 6.45) is 3.96. The van der Waals surface area contributed by atoms with E-state index in [1.807, 2.05) is 56.4 Å². The summed E-state index contributed by atoms with van der Waals surface area (Å²) in [6, 6.07) is 10.4. The second-order valence-corrected chi connectivity index (χ2v) is 8.41. The van der Waals surface area contributed by atoms with Crippen LogP contribution >= 0.6 is 0 Å². The molecule has 2 aliphatic heterocycles. The van der Waals surface area contributed by atoms with Crippen molar-refractivity contribution < 1.29 is 14.3 Å². The van der Waals surface area contributed by atoms with E-state index in [-0.39, 0.29) is 24.3 Å². The van der Waals surface area contributed by atoms with Crippen molar-refractivity contribution in [2.24, 2.45) is 13.0 Å². The topological polar surface area (TPSA) is 67.7 Å². The Morgan fingerprint density at radius 3 is 2.41 bits per heavy atom. The minimum absolute atomic E-state index is 0.0220. The van der Waals surface area contributed by atoms with Gasteiger partial charge in [0.2, 0.25) is 5.91 Å². The van der Waals surface area contributed by atoms with Gasteiger partial charge in [-0.05, 0) is 19.4 Å². The fraction of sp³-hybridized carbons (Fsp3) is 0.500. The van der Waals surface area contributed by atoms with Crippen LogP contribution in [-0.2, 0) is 21.4 Å². The number of hydrogen-bond acceptors (Lipinski definition) is 5. The molecule has 2 unspecified atom stereocenters. The zero-order chi connectivity index (χ0) is 20.6. The van der Waals surface area contributed by atoms with Gasteiger partial charge in [-0.1, -0.05) is 30.3 Å². The predicted molar refractivity (Wildman–Crippen MR) is 108 cm³/mol. The largest absolute Gasteiger partial charge is 0.459 e. The van der Waals surface area contributed by atoms with E-state index in [0.29, 0.717) is 13.1 Å². The zero-order valence-corrected chi connectivity index (χ0v) is 17.2. The molecule has 0 aliphatic carbocycles. The third kappa shape index (κ3) is 3.79. The molecule has 0 saturated carbocycles. The van der Waals surface area contributed by atoms with Crippen molar-refractivity contribution in [1.29, 1.82) is 0 Å². The third-order valence-corrected chi connectivity index (χ3v) is 6.09. The number of nitrogens with zero attached hydrogens (tertiary/aromatic N) is 4. The molecular formula is C22H28N4O3. The molecule has 0 spiro atoms. The molecular weight excluding hydrogens is 368 g/mol. The first-order chi connectivity index (χ1) is 13.9. The highest BCUT2D eigenvalue weighted by atomic mass is 16.6. The van der Waals surface area contributed by atoms with Gasteiger partial charge in [0.15, 0.2) is 0 Å². The van der Waals surface area contributed by atoms with Crippen LogP contribution in [0.15, 0.2) is 42.7 Å². The zero-order valence-electron chi connectivity index (χ0n) is 17.2. The average Bonchev–Trinajstić information content (AvgIpc) is 3.24. The van der Waals surface area contributed by atoms with Crippen molar-refractivity contribution in [3.05, 3.63) is 54.1 Å². The first-order valence-electron chi connectivity index (χ1n) is 10.1. The van der Waals surface area contributed by atoms with Crippen LogP contribution in [0.2, 0.25) is 0 Å². The number of rotatable bonds is 4. The van der Waals surface area contributed by atoms with E-state index >= 15 is 0 Å². The molecule has 1 aromatic heterocycles. The van der Waals surface area contributed by atoms with Crippen molar-refractivity contribution in [3.8, 4) is 0 Å². The first-order valence-corrected chi connectivity index (χ1v) is 10.1. The highest BCUT2D eigenvalue weighted by Gasteiger charge is 2.48. The molecule has 2 atom stereocenters. The van der Waals surface area contributed by atoms with Gasteiger partial charge < -0.3 is 14.2 Å². The van der Waals surface area contributed by atoms with Crippen LogP contribution in [0, 0.1) is 5.92 Å².